The smallest absolute Gasteiger partial charge is 0.203 e. The van der Waals surface area contributed by atoms with Crippen LogP contribution in [0.5, 0.6) is 0 Å². The second kappa shape index (κ2) is 4.26. The lowest BCUT2D eigenvalue weighted by molar-refractivity contribution is 0.341. The maximum atomic E-state index is 5.47. The summed E-state index contributed by atoms with van der Waals surface area (Å²) in [5.41, 5.74) is 5.47. The summed E-state index contributed by atoms with van der Waals surface area (Å²) in [6, 6.07) is 0. The Bertz CT molecular complexity index is 271. The molecular formula is C7H12N4S2. The summed E-state index contributed by atoms with van der Waals surface area (Å²) in [6.45, 7) is 2.36. The van der Waals surface area contributed by atoms with Gasteiger partial charge in [-0.3, -0.25) is 0 Å². The van der Waals surface area contributed by atoms with Crippen LogP contribution < -0.4 is 11.1 Å². The van der Waals surface area contributed by atoms with E-state index in [1.165, 1.54) is 30.8 Å². The van der Waals surface area contributed by atoms with Crippen LogP contribution in [0, 0.1) is 5.92 Å². The van der Waals surface area contributed by atoms with Gasteiger partial charge in [-0.1, -0.05) is 23.1 Å². The first-order valence-corrected chi connectivity index (χ1v) is 6.07. The summed E-state index contributed by atoms with van der Waals surface area (Å²) < 4.78 is 0.991. The monoisotopic (exact) mass is 216 g/mol. The van der Waals surface area contributed by atoms with Gasteiger partial charge in [0.1, 0.15) is 0 Å². The molecule has 6 heteroatoms. The quantitative estimate of drug-likeness (QED) is 0.730. The molecule has 0 spiro atoms. The Hall–Kier alpha value is -0.330. The van der Waals surface area contributed by atoms with Crippen molar-refractivity contribution in [2.45, 2.75) is 10.8 Å². The van der Waals surface area contributed by atoms with Crippen LogP contribution in [-0.4, -0.2) is 29.0 Å². The van der Waals surface area contributed by atoms with Gasteiger partial charge in [0, 0.05) is 5.75 Å². The molecule has 0 unspecified atom stereocenters. The van der Waals surface area contributed by atoms with Gasteiger partial charge in [-0.15, -0.1) is 10.2 Å². The van der Waals surface area contributed by atoms with Crippen molar-refractivity contribution in [3.05, 3.63) is 0 Å². The second-order valence-corrected chi connectivity index (χ2v) is 5.42. The first-order chi connectivity index (χ1) is 6.34. The first kappa shape index (κ1) is 9.23. The number of nitrogens with zero attached hydrogens (tertiary/aromatic N) is 2. The first-order valence-electron chi connectivity index (χ1n) is 4.27. The highest BCUT2D eigenvalue weighted by Gasteiger charge is 2.16. The number of rotatable bonds is 4. The molecule has 0 aliphatic carbocycles. The third-order valence-electron chi connectivity index (χ3n) is 2.04. The normalized spacial score (nSPS) is 17.2. The molecule has 0 atom stereocenters. The van der Waals surface area contributed by atoms with Gasteiger partial charge in [-0.05, 0) is 25.4 Å². The van der Waals surface area contributed by atoms with Crippen molar-refractivity contribution in [1.29, 1.82) is 0 Å². The lowest BCUT2D eigenvalue weighted by Gasteiger charge is -2.26. The highest BCUT2D eigenvalue weighted by Crippen LogP contribution is 2.25. The van der Waals surface area contributed by atoms with E-state index in [9.17, 15) is 0 Å². The van der Waals surface area contributed by atoms with Crippen LogP contribution >= 0.6 is 23.1 Å². The molecule has 72 valence electrons. The zero-order valence-corrected chi connectivity index (χ0v) is 8.83. The van der Waals surface area contributed by atoms with E-state index in [2.05, 4.69) is 15.5 Å². The summed E-state index contributed by atoms with van der Waals surface area (Å²) in [5, 5.41) is 11.5. The van der Waals surface area contributed by atoms with E-state index < -0.39 is 0 Å². The Labute approximate surface area is 85.3 Å². The number of hydrogen-bond acceptors (Lipinski definition) is 6. The molecule has 1 aliphatic heterocycles. The molecular weight excluding hydrogens is 204 g/mol. The number of thioether (sulfide) groups is 1. The van der Waals surface area contributed by atoms with E-state index >= 15 is 0 Å². The lowest BCUT2D eigenvalue weighted by Crippen LogP contribution is -2.42. The van der Waals surface area contributed by atoms with Crippen molar-refractivity contribution in [2.75, 3.05) is 24.6 Å². The average Bonchev–Trinajstić information content (AvgIpc) is 2.42. The van der Waals surface area contributed by atoms with Gasteiger partial charge in [-0.2, -0.15) is 0 Å². The molecule has 1 aromatic rings. The standard InChI is InChI=1S/C7H12N4S2/c8-6-10-11-7(13-6)12-2-1-5-3-9-4-5/h5,9H,1-4H2,(H2,8,10). The van der Waals surface area contributed by atoms with E-state index in [0.717, 1.165) is 16.0 Å². The third kappa shape index (κ3) is 2.55. The van der Waals surface area contributed by atoms with Gasteiger partial charge >= 0.3 is 0 Å². The SMILES string of the molecule is Nc1nnc(SCCC2CNC2)s1. The van der Waals surface area contributed by atoms with E-state index in [1.807, 2.05) is 0 Å². The molecule has 1 aromatic heterocycles. The summed E-state index contributed by atoms with van der Waals surface area (Å²) >= 11 is 3.22. The Morgan fingerprint density at radius 1 is 1.54 bits per heavy atom. The number of anilines is 1. The maximum Gasteiger partial charge on any atom is 0.203 e. The molecule has 1 fully saturated rings. The highest BCUT2D eigenvalue weighted by molar-refractivity contribution is 8.01. The van der Waals surface area contributed by atoms with Gasteiger partial charge in [0.25, 0.3) is 0 Å². The van der Waals surface area contributed by atoms with Crippen LogP contribution in [0.3, 0.4) is 0 Å². The minimum Gasteiger partial charge on any atom is -0.374 e. The Balaban J connectivity index is 1.67. The van der Waals surface area contributed by atoms with Crippen molar-refractivity contribution in [2.24, 2.45) is 5.92 Å². The fourth-order valence-corrected chi connectivity index (χ4v) is 2.95. The summed E-state index contributed by atoms with van der Waals surface area (Å²) in [7, 11) is 0. The van der Waals surface area contributed by atoms with E-state index in [1.54, 1.807) is 11.8 Å². The van der Waals surface area contributed by atoms with E-state index in [-0.39, 0.29) is 0 Å². The van der Waals surface area contributed by atoms with Crippen LogP contribution in [0.15, 0.2) is 4.34 Å². The minimum atomic E-state index is 0.563. The molecule has 1 saturated heterocycles. The van der Waals surface area contributed by atoms with Crippen molar-refractivity contribution in [1.82, 2.24) is 15.5 Å². The Kier molecular flexibility index (Phi) is 3.02. The van der Waals surface area contributed by atoms with Gasteiger partial charge in [0.15, 0.2) is 4.34 Å². The van der Waals surface area contributed by atoms with Gasteiger partial charge < -0.3 is 11.1 Å². The topological polar surface area (TPSA) is 63.8 Å². The molecule has 1 aliphatic rings. The molecule has 0 saturated carbocycles. The van der Waals surface area contributed by atoms with Crippen LogP contribution in [0.25, 0.3) is 0 Å². The molecule has 13 heavy (non-hydrogen) atoms. The Morgan fingerprint density at radius 3 is 2.92 bits per heavy atom. The fraction of sp³-hybridized carbons (Fsp3) is 0.714. The molecule has 0 radical (unpaired) electrons. The molecule has 0 aromatic carbocycles. The van der Waals surface area contributed by atoms with Crippen molar-refractivity contribution in [3.63, 3.8) is 0 Å². The maximum absolute atomic E-state index is 5.47. The van der Waals surface area contributed by atoms with Crippen molar-refractivity contribution in [3.8, 4) is 0 Å². The predicted octanol–water partition coefficient (Wildman–Crippen LogP) is 0.822. The Morgan fingerprint density at radius 2 is 2.38 bits per heavy atom. The third-order valence-corrected chi connectivity index (χ3v) is 3.96. The van der Waals surface area contributed by atoms with E-state index in [0.29, 0.717) is 5.13 Å². The second-order valence-electron chi connectivity index (χ2n) is 3.07. The van der Waals surface area contributed by atoms with Crippen LogP contribution in [-0.2, 0) is 0 Å². The summed E-state index contributed by atoms with van der Waals surface area (Å²) in [4.78, 5) is 0. The van der Waals surface area contributed by atoms with Gasteiger partial charge in [0.05, 0.1) is 0 Å². The van der Waals surface area contributed by atoms with Crippen LogP contribution in [0.2, 0.25) is 0 Å². The summed E-state index contributed by atoms with van der Waals surface area (Å²) in [5.74, 6) is 2.00. The van der Waals surface area contributed by atoms with Crippen LogP contribution in [0.4, 0.5) is 5.13 Å². The summed E-state index contributed by atoms with van der Waals surface area (Å²) in [6.07, 6.45) is 1.26. The van der Waals surface area contributed by atoms with E-state index in [4.69, 9.17) is 5.73 Å². The molecule has 2 rings (SSSR count). The number of hydrogen-bond donors (Lipinski definition) is 2. The average molecular weight is 216 g/mol. The molecule has 0 amide bonds. The molecule has 0 bridgehead atoms. The number of nitrogens with two attached hydrogens (primary N) is 1. The molecule has 3 N–H and O–H groups in total. The largest absolute Gasteiger partial charge is 0.374 e. The molecule has 4 nitrogen and oxygen atoms in total. The zero-order chi connectivity index (χ0) is 9.10. The van der Waals surface area contributed by atoms with Crippen molar-refractivity contribution >= 4 is 28.2 Å². The predicted molar refractivity (Wildman–Crippen MR) is 56.0 cm³/mol. The van der Waals surface area contributed by atoms with Crippen molar-refractivity contribution < 1.29 is 0 Å². The fourth-order valence-electron chi connectivity index (χ4n) is 1.14. The van der Waals surface area contributed by atoms with Gasteiger partial charge in [-0.25, -0.2) is 0 Å². The highest BCUT2D eigenvalue weighted by atomic mass is 32.2. The number of nitrogen functional groups attached to an aromatic ring is 1. The zero-order valence-electron chi connectivity index (χ0n) is 7.19. The number of aromatic nitrogens is 2. The molecule has 2 heterocycles. The lowest BCUT2D eigenvalue weighted by atomic mass is 10.0. The number of nitrogens with one attached hydrogen (secondary N) is 1. The van der Waals surface area contributed by atoms with Crippen LogP contribution in [0.1, 0.15) is 6.42 Å². The van der Waals surface area contributed by atoms with Gasteiger partial charge in [0.2, 0.25) is 5.13 Å². The minimum absolute atomic E-state index is 0.563.